The Morgan fingerprint density at radius 2 is 1.90 bits per heavy atom. The first-order valence-corrected chi connectivity index (χ1v) is 13.3. The van der Waals surface area contributed by atoms with Crippen molar-refractivity contribution in [1.29, 1.82) is 0 Å². The highest BCUT2D eigenvalue weighted by molar-refractivity contribution is 6.74. The summed E-state index contributed by atoms with van der Waals surface area (Å²) in [7, 11) is -1.91. The average Bonchev–Trinajstić information content (AvgIpc) is 3.24. The Bertz CT molecular complexity index is 911. The lowest BCUT2D eigenvalue weighted by molar-refractivity contribution is -0.199. The van der Waals surface area contributed by atoms with Gasteiger partial charge >= 0.3 is 0 Å². The molecule has 9 heteroatoms. The van der Waals surface area contributed by atoms with E-state index in [4.69, 9.17) is 30.2 Å². The predicted octanol–water partition coefficient (Wildman–Crippen LogP) is 4.52. The molecule has 0 radical (unpaired) electrons. The number of fused-ring (bicyclic) bond motifs is 2. The Hall–Kier alpha value is -1.03. The highest BCUT2D eigenvalue weighted by Crippen LogP contribution is 2.45. The molecule has 2 aliphatic rings. The summed E-state index contributed by atoms with van der Waals surface area (Å²) < 4.78 is 27.3. The van der Waals surface area contributed by atoms with Gasteiger partial charge in [-0.2, -0.15) is 0 Å². The van der Waals surface area contributed by atoms with E-state index in [1.165, 1.54) is 6.33 Å². The molecule has 29 heavy (non-hydrogen) atoms. The van der Waals surface area contributed by atoms with Crippen LogP contribution in [-0.2, 0) is 18.6 Å². The van der Waals surface area contributed by atoms with Gasteiger partial charge in [0.1, 0.15) is 35.4 Å². The molecule has 2 aromatic heterocycles. The van der Waals surface area contributed by atoms with Gasteiger partial charge in [-0.3, -0.25) is 0 Å². The Morgan fingerprint density at radius 1 is 1.21 bits per heavy atom. The summed E-state index contributed by atoms with van der Waals surface area (Å²) in [6, 6.07) is 1.90. The monoisotopic (exact) mass is 439 g/mol. The number of aromatic nitrogens is 3. The molecule has 0 amide bonds. The van der Waals surface area contributed by atoms with Crippen LogP contribution in [-0.4, -0.2) is 53.6 Å². The van der Waals surface area contributed by atoms with Crippen molar-refractivity contribution >= 4 is 31.0 Å². The van der Waals surface area contributed by atoms with Crippen LogP contribution in [0.4, 0.5) is 0 Å². The van der Waals surface area contributed by atoms with Gasteiger partial charge in [-0.05, 0) is 38.0 Å². The molecule has 0 aliphatic carbocycles. The van der Waals surface area contributed by atoms with Crippen molar-refractivity contribution in [2.24, 2.45) is 0 Å². The van der Waals surface area contributed by atoms with Gasteiger partial charge in [0.25, 0.3) is 0 Å². The van der Waals surface area contributed by atoms with E-state index in [0.717, 1.165) is 5.39 Å². The zero-order valence-electron chi connectivity index (χ0n) is 18.1. The summed E-state index contributed by atoms with van der Waals surface area (Å²) >= 11 is 6.23. The molecule has 0 unspecified atom stereocenters. The number of hydrogen-bond donors (Lipinski definition) is 0. The Balaban J connectivity index is 1.62. The third-order valence-corrected chi connectivity index (χ3v) is 11.1. The van der Waals surface area contributed by atoms with E-state index in [1.54, 1.807) is 0 Å². The molecule has 4 rings (SSSR count). The second-order valence-corrected chi connectivity index (χ2v) is 15.0. The minimum Gasteiger partial charge on any atom is -0.414 e. The van der Waals surface area contributed by atoms with Gasteiger partial charge in [-0.1, -0.05) is 32.4 Å². The van der Waals surface area contributed by atoms with E-state index in [9.17, 15) is 0 Å². The zero-order chi connectivity index (χ0) is 21.2. The third-order valence-electron chi connectivity index (χ3n) is 6.27. The maximum Gasteiger partial charge on any atom is 0.192 e. The molecule has 0 saturated carbocycles. The molecule has 4 heterocycles. The smallest absolute Gasteiger partial charge is 0.192 e. The summed E-state index contributed by atoms with van der Waals surface area (Å²) in [5.74, 6) is -0.678. The molecule has 2 aromatic rings. The molecule has 2 saturated heterocycles. The van der Waals surface area contributed by atoms with Crippen molar-refractivity contribution in [2.45, 2.75) is 83.1 Å². The Labute approximate surface area is 177 Å². The second-order valence-electron chi connectivity index (χ2n) is 9.83. The van der Waals surface area contributed by atoms with Crippen molar-refractivity contribution in [3.8, 4) is 0 Å². The van der Waals surface area contributed by atoms with Crippen LogP contribution < -0.4 is 0 Å². The molecule has 2 fully saturated rings. The third kappa shape index (κ3) is 3.75. The fourth-order valence-electron chi connectivity index (χ4n) is 3.67. The van der Waals surface area contributed by atoms with Gasteiger partial charge in [-0.25, -0.2) is 9.97 Å². The van der Waals surface area contributed by atoms with E-state index in [1.807, 2.05) is 30.7 Å². The topological polar surface area (TPSA) is 67.6 Å². The number of rotatable bonds is 4. The van der Waals surface area contributed by atoms with Crippen LogP contribution in [0.2, 0.25) is 23.3 Å². The first-order valence-electron chi connectivity index (χ1n) is 10.0. The lowest BCUT2D eigenvalue weighted by Gasteiger charge is -2.37. The zero-order valence-corrected chi connectivity index (χ0v) is 19.9. The first-order chi connectivity index (χ1) is 13.4. The largest absolute Gasteiger partial charge is 0.414 e. The van der Waals surface area contributed by atoms with Crippen molar-refractivity contribution in [3.05, 3.63) is 23.7 Å². The Morgan fingerprint density at radius 3 is 2.59 bits per heavy atom. The van der Waals surface area contributed by atoms with Gasteiger partial charge in [-0.15, -0.1) is 0 Å². The maximum atomic E-state index is 6.45. The average molecular weight is 440 g/mol. The first kappa shape index (κ1) is 21.2. The highest BCUT2D eigenvalue weighted by Gasteiger charge is 2.56. The molecule has 0 spiro atoms. The van der Waals surface area contributed by atoms with E-state index in [-0.39, 0.29) is 29.6 Å². The minimum atomic E-state index is -1.91. The lowest BCUT2D eigenvalue weighted by atomic mass is 10.1. The molecule has 160 valence electrons. The van der Waals surface area contributed by atoms with Crippen LogP contribution in [0.3, 0.4) is 0 Å². The van der Waals surface area contributed by atoms with Crippen LogP contribution in [0, 0.1) is 0 Å². The summed E-state index contributed by atoms with van der Waals surface area (Å²) in [6.45, 7) is 15.5. The molecular formula is C20H30ClN3O4Si. The van der Waals surface area contributed by atoms with Crippen LogP contribution in [0.15, 0.2) is 18.6 Å². The second kappa shape index (κ2) is 7.00. The molecule has 4 atom stereocenters. The number of ether oxygens (including phenoxy) is 3. The van der Waals surface area contributed by atoms with Crippen LogP contribution in [0.25, 0.3) is 11.0 Å². The van der Waals surface area contributed by atoms with E-state index in [2.05, 4.69) is 43.8 Å². The van der Waals surface area contributed by atoms with Crippen molar-refractivity contribution in [1.82, 2.24) is 14.5 Å². The number of hydrogen-bond acceptors (Lipinski definition) is 6. The summed E-state index contributed by atoms with van der Waals surface area (Å²) in [5.41, 5.74) is 0.716. The molecule has 0 N–H and O–H groups in total. The van der Waals surface area contributed by atoms with Gasteiger partial charge in [0.15, 0.2) is 20.3 Å². The van der Waals surface area contributed by atoms with Gasteiger partial charge in [0.2, 0.25) is 0 Å². The number of nitrogens with zero attached hydrogens (tertiary/aromatic N) is 3. The molecule has 7 nitrogen and oxygen atoms in total. The summed E-state index contributed by atoms with van der Waals surface area (Å²) in [6.07, 6.45) is 2.30. The van der Waals surface area contributed by atoms with Crippen molar-refractivity contribution in [3.63, 3.8) is 0 Å². The summed E-state index contributed by atoms with van der Waals surface area (Å²) in [4.78, 5) is 8.47. The summed E-state index contributed by atoms with van der Waals surface area (Å²) in [5, 5.41) is 1.33. The van der Waals surface area contributed by atoms with E-state index < -0.39 is 14.1 Å². The van der Waals surface area contributed by atoms with Crippen LogP contribution >= 0.6 is 11.6 Å². The normalized spacial score (nSPS) is 29.5. The molecule has 0 bridgehead atoms. The SMILES string of the molecule is CC1(C)O[C@@H]2[C@@H](O1)[C@@H](CO[Si](C)(C)C(C)(C)C)O[C@H]2n1ccc2c(Cl)ncnc21. The molecule has 2 aliphatic heterocycles. The number of halogens is 1. The van der Waals surface area contributed by atoms with Gasteiger partial charge in [0.05, 0.1) is 12.0 Å². The van der Waals surface area contributed by atoms with Gasteiger partial charge in [0, 0.05) is 6.20 Å². The van der Waals surface area contributed by atoms with Crippen LogP contribution in [0.5, 0.6) is 0 Å². The Kier molecular flexibility index (Phi) is 5.12. The van der Waals surface area contributed by atoms with Crippen molar-refractivity contribution in [2.75, 3.05) is 6.61 Å². The fraction of sp³-hybridized carbons (Fsp3) is 0.700. The molecule has 0 aromatic carbocycles. The molecular weight excluding hydrogens is 410 g/mol. The quantitative estimate of drug-likeness (QED) is 0.515. The lowest BCUT2D eigenvalue weighted by Crippen LogP contribution is -2.44. The predicted molar refractivity (Wildman–Crippen MR) is 113 cm³/mol. The van der Waals surface area contributed by atoms with Gasteiger partial charge < -0.3 is 23.2 Å². The maximum absolute atomic E-state index is 6.45. The van der Waals surface area contributed by atoms with Crippen LogP contribution in [0.1, 0.15) is 40.8 Å². The standard InChI is InChI=1S/C20H30ClN3O4Si/c1-19(2,3)29(6,7)25-10-13-14-15(28-20(4,5)27-14)18(26-13)24-9-8-12-16(21)22-11-23-17(12)24/h8-9,11,13-15,18H,10H2,1-7H3/t13-,14+,15-,18-/m1/s1. The highest BCUT2D eigenvalue weighted by atomic mass is 35.5. The van der Waals surface area contributed by atoms with E-state index in [0.29, 0.717) is 17.4 Å². The van der Waals surface area contributed by atoms with Crippen molar-refractivity contribution < 1.29 is 18.6 Å². The van der Waals surface area contributed by atoms with E-state index >= 15 is 0 Å². The minimum absolute atomic E-state index is 0.126. The fourth-order valence-corrected chi connectivity index (χ4v) is 4.87.